The maximum absolute atomic E-state index is 11.4. The summed E-state index contributed by atoms with van der Waals surface area (Å²) in [7, 11) is 1.55. The van der Waals surface area contributed by atoms with Crippen molar-refractivity contribution in [2.75, 3.05) is 20.3 Å². The van der Waals surface area contributed by atoms with E-state index in [0.717, 1.165) is 5.56 Å². The van der Waals surface area contributed by atoms with Gasteiger partial charge >= 0.3 is 0 Å². The highest BCUT2D eigenvalue weighted by Crippen LogP contribution is 2.28. The SMILES string of the molecule is COc1ccc(CNC(=O)CC#N)cc1OCCOc1ccccc1Cl. The quantitative estimate of drug-likeness (QED) is 0.681. The van der Waals surface area contributed by atoms with Crippen LogP contribution in [-0.4, -0.2) is 26.2 Å². The first-order valence-electron chi connectivity index (χ1n) is 7.94. The lowest BCUT2D eigenvalue weighted by molar-refractivity contribution is -0.120. The van der Waals surface area contributed by atoms with Gasteiger partial charge in [0.15, 0.2) is 11.5 Å². The lowest BCUT2D eigenvalue weighted by atomic mass is 10.2. The Bertz CT molecular complexity index is 789. The number of carbonyl (C=O) groups excluding carboxylic acids is 1. The van der Waals surface area contributed by atoms with Gasteiger partial charge in [-0.1, -0.05) is 29.8 Å². The average Bonchev–Trinajstić information content (AvgIpc) is 2.65. The zero-order valence-electron chi connectivity index (χ0n) is 14.3. The van der Waals surface area contributed by atoms with E-state index in [1.165, 1.54) is 0 Å². The van der Waals surface area contributed by atoms with Crippen molar-refractivity contribution in [2.45, 2.75) is 13.0 Å². The number of nitrogens with zero attached hydrogens (tertiary/aromatic N) is 1. The Morgan fingerprint density at radius 3 is 2.54 bits per heavy atom. The summed E-state index contributed by atoms with van der Waals surface area (Å²) in [5.41, 5.74) is 0.833. The van der Waals surface area contributed by atoms with Crippen molar-refractivity contribution in [1.29, 1.82) is 5.26 Å². The lowest BCUT2D eigenvalue weighted by Gasteiger charge is -2.13. The predicted molar refractivity (Wildman–Crippen MR) is 97.5 cm³/mol. The molecule has 0 bridgehead atoms. The molecule has 1 N–H and O–H groups in total. The number of hydrogen-bond donors (Lipinski definition) is 1. The topological polar surface area (TPSA) is 80.6 Å². The van der Waals surface area contributed by atoms with Gasteiger partial charge in [0.2, 0.25) is 5.91 Å². The Morgan fingerprint density at radius 1 is 1.12 bits per heavy atom. The van der Waals surface area contributed by atoms with Crippen molar-refractivity contribution >= 4 is 17.5 Å². The van der Waals surface area contributed by atoms with E-state index in [0.29, 0.717) is 42.0 Å². The van der Waals surface area contributed by atoms with Crippen molar-refractivity contribution in [3.63, 3.8) is 0 Å². The summed E-state index contributed by atoms with van der Waals surface area (Å²) in [5, 5.41) is 11.7. The number of nitrogens with one attached hydrogen (secondary N) is 1. The van der Waals surface area contributed by atoms with Gasteiger partial charge in [0.1, 0.15) is 25.4 Å². The van der Waals surface area contributed by atoms with Crippen LogP contribution in [0.3, 0.4) is 0 Å². The van der Waals surface area contributed by atoms with E-state index in [4.69, 9.17) is 31.1 Å². The van der Waals surface area contributed by atoms with Crippen LogP contribution < -0.4 is 19.5 Å². The summed E-state index contributed by atoms with van der Waals surface area (Å²) in [6.45, 7) is 0.916. The third-order valence-electron chi connectivity index (χ3n) is 3.39. The molecule has 0 saturated heterocycles. The number of methoxy groups -OCH3 is 1. The molecular formula is C19H19ClN2O4. The van der Waals surface area contributed by atoms with Gasteiger partial charge in [0.25, 0.3) is 0 Å². The molecule has 0 aliphatic carbocycles. The largest absolute Gasteiger partial charge is 0.493 e. The predicted octanol–water partition coefficient (Wildman–Crippen LogP) is 3.34. The molecule has 0 fully saturated rings. The van der Waals surface area contributed by atoms with Gasteiger partial charge in [-0.15, -0.1) is 0 Å². The Morgan fingerprint density at radius 2 is 1.85 bits per heavy atom. The molecule has 6 nitrogen and oxygen atoms in total. The van der Waals surface area contributed by atoms with Crippen LogP contribution in [0.25, 0.3) is 0 Å². The second-order valence-corrected chi connectivity index (χ2v) is 5.63. The number of nitriles is 1. The smallest absolute Gasteiger partial charge is 0.234 e. The van der Waals surface area contributed by atoms with Crippen LogP contribution in [0.1, 0.15) is 12.0 Å². The average molecular weight is 375 g/mol. The van der Waals surface area contributed by atoms with E-state index >= 15 is 0 Å². The van der Waals surface area contributed by atoms with Crippen molar-refractivity contribution in [3.05, 3.63) is 53.1 Å². The molecule has 2 aromatic carbocycles. The molecule has 0 atom stereocenters. The Labute approximate surface area is 157 Å². The first-order valence-corrected chi connectivity index (χ1v) is 8.32. The molecule has 0 spiro atoms. The molecule has 7 heteroatoms. The number of hydrogen-bond acceptors (Lipinski definition) is 5. The molecule has 26 heavy (non-hydrogen) atoms. The van der Waals surface area contributed by atoms with Gasteiger partial charge in [-0.25, -0.2) is 0 Å². The van der Waals surface area contributed by atoms with E-state index < -0.39 is 0 Å². The molecule has 2 aromatic rings. The van der Waals surface area contributed by atoms with E-state index in [9.17, 15) is 4.79 Å². The Kier molecular flexibility index (Phi) is 7.59. The summed E-state index contributed by atoms with van der Waals surface area (Å²) >= 11 is 6.03. The molecule has 0 heterocycles. The molecule has 0 aliphatic rings. The van der Waals surface area contributed by atoms with Crippen LogP contribution in [0.5, 0.6) is 17.2 Å². The second kappa shape index (κ2) is 10.2. The molecule has 2 rings (SSSR count). The van der Waals surface area contributed by atoms with Crippen molar-refractivity contribution in [3.8, 4) is 23.3 Å². The number of ether oxygens (including phenoxy) is 3. The van der Waals surface area contributed by atoms with Gasteiger partial charge < -0.3 is 19.5 Å². The first kappa shape index (κ1) is 19.4. The van der Waals surface area contributed by atoms with Crippen molar-refractivity contribution < 1.29 is 19.0 Å². The maximum Gasteiger partial charge on any atom is 0.234 e. The minimum Gasteiger partial charge on any atom is -0.493 e. The minimum atomic E-state index is -0.320. The molecule has 0 radical (unpaired) electrons. The summed E-state index contributed by atoms with van der Waals surface area (Å²) in [6, 6.07) is 14.4. The fourth-order valence-electron chi connectivity index (χ4n) is 2.14. The standard InChI is InChI=1S/C19H19ClN2O4/c1-24-17-7-6-14(13-22-19(23)8-9-21)12-18(17)26-11-10-25-16-5-3-2-4-15(16)20/h2-7,12H,8,10-11,13H2,1H3,(H,22,23). The minimum absolute atomic E-state index is 0.168. The molecule has 0 saturated carbocycles. The van der Waals surface area contributed by atoms with E-state index in [1.807, 2.05) is 18.2 Å². The number of amides is 1. The van der Waals surface area contributed by atoms with Crippen LogP contribution >= 0.6 is 11.6 Å². The van der Waals surface area contributed by atoms with E-state index in [-0.39, 0.29) is 12.3 Å². The molecule has 0 aliphatic heterocycles. The molecular weight excluding hydrogens is 356 g/mol. The molecule has 0 unspecified atom stereocenters. The van der Waals surface area contributed by atoms with E-state index in [2.05, 4.69) is 5.32 Å². The number of para-hydroxylation sites is 1. The van der Waals surface area contributed by atoms with Crippen LogP contribution in [0.15, 0.2) is 42.5 Å². The zero-order chi connectivity index (χ0) is 18.8. The number of carbonyl (C=O) groups is 1. The zero-order valence-corrected chi connectivity index (χ0v) is 15.1. The number of halogens is 1. The third kappa shape index (κ3) is 5.87. The van der Waals surface area contributed by atoms with Crippen LogP contribution in [0, 0.1) is 11.3 Å². The third-order valence-corrected chi connectivity index (χ3v) is 3.70. The first-order chi connectivity index (χ1) is 12.6. The van der Waals surface area contributed by atoms with Crippen LogP contribution in [0.4, 0.5) is 0 Å². The van der Waals surface area contributed by atoms with Crippen molar-refractivity contribution in [2.24, 2.45) is 0 Å². The van der Waals surface area contributed by atoms with Crippen LogP contribution in [0.2, 0.25) is 5.02 Å². The molecule has 0 aromatic heterocycles. The van der Waals surface area contributed by atoms with E-state index in [1.54, 1.807) is 37.4 Å². The molecule has 1 amide bonds. The van der Waals surface area contributed by atoms with Gasteiger partial charge in [-0.05, 0) is 29.8 Å². The lowest BCUT2D eigenvalue weighted by Crippen LogP contribution is -2.21. The summed E-state index contributed by atoms with van der Waals surface area (Å²) in [5.74, 6) is 1.40. The second-order valence-electron chi connectivity index (χ2n) is 5.22. The summed E-state index contributed by atoms with van der Waals surface area (Å²) in [4.78, 5) is 11.4. The highest BCUT2D eigenvalue weighted by atomic mass is 35.5. The Hall–Kier alpha value is -2.91. The number of rotatable bonds is 9. The monoisotopic (exact) mass is 374 g/mol. The summed E-state index contributed by atoms with van der Waals surface area (Å²) in [6.07, 6.45) is -0.168. The highest BCUT2D eigenvalue weighted by Gasteiger charge is 2.08. The van der Waals surface area contributed by atoms with Gasteiger partial charge in [0, 0.05) is 6.54 Å². The summed E-state index contributed by atoms with van der Waals surface area (Å²) < 4.78 is 16.6. The van der Waals surface area contributed by atoms with Gasteiger partial charge in [0.05, 0.1) is 18.2 Å². The van der Waals surface area contributed by atoms with Crippen LogP contribution in [-0.2, 0) is 11.3 Å². The maximum atomic E-state index is 11.4. The van der Waals surface area contributed by atoms with Crippen molar-refractivity contribution in [1.82, 2.24) is 5.32 Å². The fourth-order valence-corrected chi connectivity index (χ4v) is 2.33. The Balaban J connectivity index is 1.90. The fraction of sp³-hybridized carbons (Fsp3) is 0.263. The van der Waals surface area contributed by atoms with Gasteiger partial charge in [-0.2, -0.15) is 5.26 Å². The molecule has 136 valence electrons. The highest BCUT2D eigenvalue weighted by molar-refractivity contribution is 6.32. The van der Waals surface area contributed by atoms with Gasteiger partial charge in [-0.3, -0.25) is 4.79 Å². The number of benzene rings is 2. The normalized spacial score (nSPS) is 9.88.